The van der Waals surface area contributed by atoms with Crippen molar-refractivity contribution in [1.29, 1.82) is 0 Å². The molecule has 2 nitrogen and oxygen atoms in total. The zero-order valence-corrected chi connectivity index (χ0v) is 11.6. The smallest absolute Gasteiger partial charge is 0.369 e. The van der Waals surface area contributed by atoms with Crippen LogP contribution < -0.4 is 10.2 Å². The predicted octanol–water partition coefficient (Wildman–Crippen LogP) is 3.55. The Kier molecular flexibility index (Phi) is 3.58. The highest BCUT2D eigenvalue weighted by Gasteiger charge is 2.35. The highest BCUT2D eigenvalue weighted by molar-refractivity contribution is 6.30. The van der Waals surface area contributed by atoms with Gasteiger partial charge in [-0.2, -0.15) is 13.2 Å². The van der Waals surface area contributed by atoms with E-state index in [2.05, 4.69) is 5.32 Å². The van der Waals surface area contributed by atoms with Gasteiger partial charge < -0.3 is 10.2 Å². The maximum atomic E-state index is 12.8. The summed E-state index contributed by atoms with van der Waals surface area (Å²) >= 11 is 5.84. The molecule has 1 unspecified atom stereocenters. The minimum Gasteiger partial charge on any atom is -0.369 e. The number of rotatable bonds is 2. The predicted molar refractivity (Wildman–Crippen MR) is 73.2 cm³/mol. The van der Waals surface area contributed by atoms with Gasteiger partial charge in [-0.1, -0.05) is 11.6 Å². The molecule has 2 fully saturated rings. The number of alkyl halides is 3. The van der Waals surface area contributed by atoms with Gasteiger partial charge in [-0.05, 0) is 37.0 Å². The molecule has 1 saturated carbocycles. The molecule has 0 bridgehead atoms. The largest absolute Gasteiger partial charge is 0.416 e. The average Bonchev–Trinajstić information content (AvgIpc) is 3.21. The standard InChI is InChI=1S/C14H16ClF3N2/c15-11-5-10(14(16,17)18)6-12(7-11)20-4-3-19-13(8-20)9-1-2-9/h5-7,9,13,19H,1-4,8H2. The van der Waals surface area contributed by atoms with Crippen LogP contribution in [-0.4, -0.2) is 25.7 Å². The van der Waals surface area contributed by atoms with E-state index in [-0.39, 0.29) is 5.02 Å². The molecule has 1 heterocycles. The van der Waals surface area contributed by atoms with Crippen LogP contribution in [0.5, 0.6) is 0 Å². The summed E-state index contributed by atoms with van der Waals surface area (Å²) < 4.78 is 38.5. The van der Waals surface area contributed by atoms with E-state index < -0.39 is 11.7 Å². The topological polar surface area (TPSA) is 15.3 Å². The summed E-state index contributed by atoms with van der Waals surface area (Å²) in [4.78, 5) is 2.00. The second-order valence-corrected chi connectivity index (χ2v) is 5.98. The summed E-state index contributed by atoms with van der Waals surface area (Å²) in [6.07, 6.45) is -1.92. The van der Waals surface area contributed by atoms with Gasteiger partial charge in [0.1, 0.15) is 0 Å². The molecule has 1 aliphatic carbocycles. The lowest BCUT2D eigenvalue weighted by molar-refractivity contribution is -0.137. The molecule has 3 rings (SSSR count). The normalized spacial score (nSPS) is 24.0. The lowest BCUT2D eigenvalue weighted by atomic mass is 10.1. The van der Waals surface area contributed by atoms with Gasteiger partial charge >= 0.3 is 6.18 Å². The van der Waals surface area contributed by atoms with Gasteiger partial charge in [0, 0.05) is 36.4 Å². The molecule has 2 aliphatic rings. The van der Waals surface area contributed by atoms with Crippen LogP contribution in [0, 0.1) is 5.92 Å². The number of halogens is 4. The number of nitrogens with one attached hydrogen (secondary N) is 1. The van der Waals surface area contributed by atoms with Crippen LogP contribution in [0.1, 0.15) is 18.4 Å². The van der Waals surface area contributed by atoms with Crippen LogP contribution in [0.3, 0.4) is 0 Å². The Balaban J connectivity index is 1.83. The van der Waals surface area contributed by atoms with E-state index in [1.54, 1.807) is 6.07 Å². The number of nitrogens with zero attached hydrogens (tertiary/aromatic N) is 1. The maximum absolute atomic E-state index is 12.8. The molecule has 0 amide bonds. The molecule has 0 radical (unpaired) electrons. The Morgan fingerprint density at radius 2 is 1.95 bits per heavy atom. The van der Waals surface area contributed by atoms with E-state index in [4.69, 9.17) is 11.6 Å². The Labute approximate surface area is 120 Å². The average molecular weight is 305 g/mol. The summed E-state index contributed by atoms with van der Waals surface area (Å²) in [6.45, 7) is 2.26. The van der Waals surface area contributed by atoms with Crippen molar-refractivity contribution in [3.8, 4) is 0 Å². The molecule has 0 aromatic heterocycles. The molecule has 110 valence electrons. The fourth-order valence-electron chi connectivity index (χ4n) is 2.75. The van der Waals surface area contributed by atoms with Crippen LogP contribution in [0.4, 0.5) is 18.9 Å². The van der Waals surface area contributed by atoms with E-state index >= 15 is 0 Å². The Morgan fingerprint density at radius 3 is 2.60 bits per heavy atom. The summed E-state index contributed by atoms with van der Waals surface area (Å²) in [6, 6.07) is 4.18. The molecule has 6 heteroatoms. The first-order chi connectivity index (χ1) is 9.43. The quantitative estimate of drug-likeness (QED) is 0.899. The molecule has 1 aromatic carbocycles. The number of benzene rings is 1. The third-order valence-electron chi connectivity index (χ3n) is 3.97. The van der Waals surface area contributed by atoms with Crippen molar-refractivity contribution in [3.63, 3.8) is 0 Å². The number of piperazine rings is 1. The van der Waals surface area contributed by atoms with Gasteiger partial charge in [0.15, 0.2) is 0 Å². The molecule has 1 atom stereocenters. The van der Waals surface area contributed by atoms with Gasteiger partial charge in [-0.25, -0.2) is 0 Å². The zero-order chi connectivity index (χ0) is 14.3. The van der Waals surface area contributed by atoms with E-state index in [9.17, 15) is 13.2 Å². The minimum atomic E-state index is -4.36. The lowest BCUT2D eigenvalue weighted by Gasteiger charge is -2.35. The van der Waals surface area contributed by atoms with E-state index in [1.807, 2.05) is 4.90 Å². The van der Waals surface area contributed by atoms with Crippen LogP contribution in [0.15, 0.2) is 18.2 Å². The van der Waals surface area contributed by atoms with E-state index in [1.165, 1.54) is 18.9 Å². The highest BCUT2D eigenvalue weighted by Crippen LogP contribution is 2.37. The molecular weight excluding hydrogens is 289 g/mol. The minimum absolute atomic E-state index is 0.135. The summed E-state index contributed by atoms with van der Waals surface area (Å²) in [7, 11) is 0. The number of hydrogen-bond donors (Lipinski definition) is 1. The van der Waals surface area contributed by atoms with Gasteiger partial charge in [0.25, 0.3) is 0 Å². The maximum Gasteiger partial charge on any atom is 0.416 e. The molecule has 0 spiro atoms. The molecular formula is C14H16ClF3N2. The summed E-state index contributed by atoms with van der Waals surface area (Å²) in [5, 5.41) is 3.58. The third-order valence-corrected chi connectivity index (χ3v) is 4.19. The van der Waals surface area contributed by atoms with Gasteiger partial charge in [0.05, 0.1) is 5.56 Å². The number of anilines is 1. The fraction of sp³-hybridized carbons (Fsp3) is 0.571. The van der Waals surface area contributed by atoms with Crippen molar-refractivity contribution < 1.29 is 13.2 Å². The van der Waals surface area contributed by atoms with Crippen LogP contribution >= 0.6 is 11.6 Å². The highest BCUT2D eigenvalue weighted by atomic mass is 35.5. The monoisotopic (exact) mass is 304 g/mol. The Morgan fingerprint density at radius 1 is 1.20 bits per heavy atom. The van der Waals surface area contributed by atoms with E-state index in [0.717, 1.165) is 19.2 Å². The SMILES string of the molecule is FC(F)(F)c1cc(Cl)cc(N2CCNC(C3CC3)C2)c1. The lowest BCUT2D eigenvalue weighted by Crippen LogP contribution is -2.51. The first-order valence-electron chi connectivity index (χ1n) is 6.79. The van der Waals surface area contributed by atoms with Gasteiger partial charge in [-0.15, -0.1) is 0 Å². The Bertz CT molecular complexity index is 500. The summed E-state index contributed by atoms with van der Waals surface area (Å²) in [5.41, 5.74) is -0.113. The Hall–Kier alpha value is -0.940. The van der Waals surface area contributed by atoms with Crippen molar-refractivity contribution >= 4 is 17.3 Å². The van der Waals surface area contributed by atoms with Crippen LogP contribution in [0.25, 0.3) is 0 Å². The van der Waals surface area contributed by atoms with Crippen molar-refractivity contribution in [3.05, 3.63) is 28.8 Å². The molecule has 1 aliphatic heterocycles. The van der Waals surface area contributed by atoms with Gasteiger partial charge in [-0.3, -0.25) is 0 Å². The van der Waals surface area contributed by atoms with Gasteiger partial charge in [0.2, 0.25) is 0 Å². The second-order valence-electron chi connectivity index (χ2n) is 5.54. The zero-order valence-electron chi connectivity index (χ0n) is 10.9. The molecule has 1 aromatic rings. The third kappa shape index (κ3) is 3.04. The van der Waals surface area contributed by atoms with E-state index in [0.29, 0.717) is 24.2 Å². The molecule has 20 heavy (non-hydrogen) atoms. The summed E-state index contributed by atoms with van der Waals surface area (Å²) in [5.74, 6) is 0.680. The second kappa shape index (κ2) is 5.11. The molecule has 1 N–H and O–H groups in total. The van der Waals surface area contributed by atoms with Crippen LogP contribution in [-0.2, 0) is 6.18 Å². The fourth-order valence-corrected chi connectivity index (χ4v) is 2.98. The van der Waals surface area contributed by atoms with Crippen molar-refractivity contribution in [1.82, 2.24) is 5.32 Å². The van der Waals surface area contributed by atoms with Crippen LogP contribution in [0.2, 0.25) is 5.02 Å². The van der Waals surface area contributed by atoms with Crippen molar-refractivity contribution in [2.24, 2.45) is 5.92 Å². The number of hydrogen-bond acceptors (Lipinski definition) is 2. The van der Waals surface area contributed by atoms with Crippen molar-refractivity contribution in [2.75, 3.05) is 24.5 Å². The molecule has 1 saturated heterocycles. The first kappa shape index (κ1) is 14.0. The van der Waals surface area contributed by atoms with Crippen molar-refractivity contribution in [2.45, 2.75) is 25.1 Å². The first-order valence-corrected chi connectivity index (χ1v) is 7.17.